The molecule has 0 radical (unpaired) electrons. The van der Waals surface area contributed by atoms with E-state index in [2.05, 4.69) is 10.2 Å². The average Bonchev–Trinajstić information content (AvgIpc) is 2.89. The van der Waals surface area contributed by atoms with Crippen LogP contribution < -0.4 is 5.32 Å². The normalized spacial score (nSPS) is 38.2. The maximum Gasteiger partial charge on any atom is 0.377 e. The zero-order valence-electron chi connectivity index (χ0n) is 10.9. The molecule has 3 unspecified atom stereocenters. The highest BCUT2D eigenvalue weighted by atomic mass is 19.3. The molecule has 3 aliphatic rings. The first-order chi connectivity index (χ1) is 9.06. The number of alkyl halides is 2. The monoisotopic (exact) mass is 274 g/mol. The fraction of sp³-hybridized carbons (Fsp3) is 0.923. The summed E-state index contributed by atoms with van der Waals surface area (Å²) >= 11 is 0. The van der Waals surface area contributed by atoms with Gasteiger partial charge in [0.05, 0.1) is 6.42 Å². The van der Waals surface area contributed by atoms with Gasteiger partial charge in [-0.15, -0.1) is 0 Å². The molecular weight excluding hydrogens is 254 g/mol. The second kappa shape index (κ2) is 4.98. The highest BCUT2D eigenvalue weighted by Crippen LogP contribution is 2.31. The van der Waals surface area contributed by atoms with Gasteiger partial charge in [0, 0.05) is 25.2 Å². The van der Waals surface area contributed by atoms with Gasteiger partial charge in [-0.1, -0.05) is 6.42 Å². The molecule has 3 aliphatic heterocycles. The summed E-state index contributed by atoms with van der Waals surface area (Å²) in [7, 11) is 0. The van der Waals surface area contributed by atoms with Crippen LogP contribution in [0.2, 0.25) is 0 Å². The van der Waals surface area contributed by atoms with Crippen molar-refractivity contribution in [3.05, 3.63) is 0 Å². The smallest absolute Gasteiger partial charge is 0.377 e. The van der Waals surface area contributed by atoms with E-state index < -0.39 is 24.4 Å². The first-order valence-corrected chi connectivity index (χ1v) is 7.12. The van der Waals surface area contributed by atoms with Gasteiger partial charge in [-0.3, -0.25) is 4.90 Å². The van der Waals surface area contributed by atoms with E-state index in [0.29, 0.717) is 18.6 Å². The van der Waals surface area contributed by atoms with E-state index in [9.17, 15) is 13.6 Å². The van der Waals surface area contributed by atoms with Crippen LogP contribution in [-0.2, 0) is 9.53 Å². The molecule has 3 heterocycles. The number of cyclic esters (lactones) is 1. The number of ether oxygens (including phenoxy) is 1. The molecule has 0 amide bonds. The zero-order valence-corrected chi connectivity index (χ0v) is 10.9. The summed E-state index contributed by atoms with van der Waals surface area (Å²) in [6.45, 7) is 2.58. The molecule has 0 spiro atoms. The third kappa shape index (κ3) is 2.60. The number of fused-ring (bicyclic) bond motifs is 1. The number of nitrogens with one attached hydrogen (secondary N) is 1. The summed E-state index contributed by atoms with van der Waals surface area (Å²) in [5, 5.41) is 3.33. The number of hydrogen-bond donors (Lipinski definition) is 1. The van der Waals surface area contributed by atoms with Crippen LogP contribution in [0.25, 0.3) is 0 Å². The topological polar surface area (TPSA) is 41.6 Å². The third-order valence-electron chi connectivity index (χ3n) is 4.52. The van der Waals surface area contributed by atoms with Crippen molar-refractivity contribution in [2.75, 3.05) is 19.6 Å². The molecule has 6 heteroatoms. The van der Waals surface area contributed by atoms with Gasteiger partial charge >= 0.3 is 11.9 Å². The summed E-state index contributed by atoms with van der Waals surface area (Å²) in [4.78, 5) is 13.4. The van der Waals surface area contributed by atoms with Gasteiger partial charge < -0.3 is 10.1 Å². The minimum atomic E-state index is -3.29. The molecule has 0 aromatic carbocycles. The van der Waals surface area contributed by atoms with Crippen molar-refractivity contribution in [1.82, 2.24) is 10.2 Å². The molecule has 0 aromatic heterocycles. The highest BCUT2D eigenvalue weighted by Gasteiger charge is 2.50. The Morgan fingerprint density at radius 3 is 2.89 bits per heavy atom. The van der Waals surface area contributed by atoms with Crippen molar-refractivity contribution in [2.45, 2.75) is 56.2 Å². The minimum Gasteiger partial charge on any atom is -0.456 e. The lowest BCUT2D eigenvalue weighted by molar-refractivity contribution is -0.159. The van der Waals surface area contributed by atoms with Gasteiger partial charge in [0.2, 0.25) is 0 Å². The molecule has 4 nitrogen and oxygen atoms in total. The SMILES string of the molecule is O=C1OC(CNC2CCN3CCCCC23)CC1(F)F. The standard InChI is InChI=1S/C13H20F2N2O2/c14-13(15)7-9(19-12(13)18)8-16-10-4-6-17-5-2-1-3-11(10)17/h9-11,16H,1-8H2. The molecule has 3 rings (SSSR count). The Kier molecular flexibility index (Phi) is 3.47. The molecule has 1 N–H and O–H groups in total. The second-order valence-electron chi connectivity index (χ2n) is 5.84. The number of rotatable bonds is 3. The number of halogens is 2. The summed E-state index contributed by atoms with van der Waals surface area (Å²) in [5.74, 6) is -4.66. The molecule has 3 saturated heterocycles. The fourth-order valence-corrected chi connectivity index (χ4v) is 3.53. The molecule has 0 aromatic rings. The van der Waals surface area contributed by atoms with E-state index in [1.165, 1.54) is 19.3 Å². The first kappa shape index (κ1) is 13.2. The van der Waals surface area contributed by atoms with Gasteiger partial charge in [0.25, 0.3) is 0 Å². The molecule has 19 heavy (non-hydrogen) atoms. The largest absolute Gasteiger partial charge is 0.456 e. The van der Waals surface area contributed by atoms with Crippen LogP contribution in [0.1, 0.15) is 32.1 Å². The van der Waals surface area contributed by atoms with Crippen LogP contribution in [0, 0.1) is 0 Å². The van der Waals surface area contributed by atoms with Crippen LogP contribution >= 0.6 is 0 Å². The Morgan fingerprint density at radius 1 is 1.32 bits per heavy atom. The first-order valence-electron chi connectivity index (χ1n) is 7.12. The van der Waals surface area contributed by atoms with Gasteiger partial charge in [0.1, 0.15) is 6.10 Å². The van der Waals surface area contributed by atoms with Crippen molar-refractivity contribution in [3.8, 4) is 0 Å². The molecule has 0 aliphatic carbocycles. The minimum absolute atomic E-state index is 0.344. The van der Waals surface area contributed by atoms with E-state index in [0.717, 1.165) is 19.5 Å². The Labute approximate surface area is 111 Å². The summed E-state index contributed by atoms with van der Waals surface area (Å²) in [6, 6.07) is 0.889. The van der Waals surface area contributed by atoms with Crippen LogP contribution in [0.5, 0.6) is 0 Å². The van der Waals surface area contributed by atoms with Crippen molar-refractivity contribution in [2.24, 2.45) is 0 Å². The fourth-order valence-electron chi connectivity index (χ4n) is 3.53. The van der Waals surface area contributed by atoms with Gasteiger partial charge in [0.15, 0.2) is 0 Å². The highest BCUT2D eigenvalue weighted by molar-refractivity contribution is 5.79. The molecule has 3 fully saturated rings. The van der Waals surface area contributed by atoms with E-state index in [-0.39, 0.29) is 0 Å². The molecular formula is C13H20F2N2O2. The average molecular weight is 274 g/mol. The molecule has 3 atom stereocenters. The lowest BCUT2D eigenvalue weighted by Crippen LogP contribution is -2.46. The molecule has 0 bridgehead atoms. The van der Waals surface area contributed by atoms with E-state index in [1.807, 2.05) is 0 Å². The Bertz CT molecular complexity index is 365. The Hall–Kier alpha value is -0.750. The van der Waals surface area contributed by atoms with E-state index in [4.69, 9.17) is 4.74 Å². The lowest BCUT2D eigenvalue weighted by Gasteiger charge is -2.33. The lowest BCUT2D eigenvalue weighted by atomic mass is 9.99. The number of carbonyl (C=O) groups is 1. The second-order valence-corrected chi connectivity index (χ2v) is 5.84. The van der Waals surface area contributed by atoms with Gasteiger partial charge in [-0.05, 0) is 25.8 Å². The van der Waals surface area contributed by atoms with Gasteiger partial charge in [-0.25, -0.2) is 4.79 Å². The van der Waals surface area contributed by atoms with Crippen molar-refractivity contribution < 1.29 is 18.3 Å². The molecule has 108 valence electrons. The number of esters is 1. The quantitative estimate of drug-likeness (QED) is 0.784. The Balaban J connectivity index is 1.49. The Morgan fingerprint density at radius 2 is 2.16 bits per heavy atom. The number of nitrogens with zero attached hydrogens (tertiary/aromatic N) is 1. The summed E-state index contributed by atoms with van der Waals surface area (Å²) in [6.07, 6.45) is 3.57. The van der Waals surface area contributed by atoms with Crippen molar-refractivity contribution >= 4 is 5.97 Å². The third-order valence-corrected chi connectivity index (χ3v) is 4.52. The van der Waals surface area contributed by atoms with Crippen LogP contribution in [0.15, 0.2) is 0 Å². The number of piperidine rings is 1. The maximum atomic E-state index is 13.0. The summed E-state index contributed by atoms with van der Waals surface area (Å²) in [5.41, 5.74) is 0. The zero-order chi connectivity index (χ0) is 13.5. The predicted octanol–water partition coefficient (Wildman–Crippen LogP) is 1.15. The predicted molar refractivity (Wildman–Crippen MR) is 65.1 cm³/mol. The van der Waals surface area contributed by atoms with E-state index >= 15 is 0 Å². The summed E-state index contributed by atoms with van der Waals surface area (Å²) < 4.78 is 30.8. The van der Waals surface area contributed by atoms with Crippen molar-refractivity contribution in [1.29, 1.82) is 0 Å². The maximum absolute atomic E-state index is 13.0. The van der Waals surface area contributed by atoms with Crippen molar-refractivity contribution in [3.63, 3.8) is 0 Å². The van der Waals surface area contributed by atoms with Crippen LogP contribution in [-0.4, -0.2) is 54.6 Å². The molecule has 0 saturated carbocycles. The van der Waals surface area contributed by atoms with Gasteiger partial charge in [-0.2, -0.15) is 8.78 Å². The number of carbonyl (C=O) groups excluding carboxylic acids is 1. The van der Waals surface area contributed by atoms with Crippen LogP contribution in [0.3, 0.4) is 0 Å². The van der Waals surface area contributed by atoms with Crippen LogP contribution in [0.4, 0.5) is 8.78 Å². The van der Waals surface area contributed by atoms with E-state index in [1.54, 1.807) is 0 Å². The number of hydrogen-bond acceptors (Lipinski definition) is 4.